The zero-order valence-electron chi connectivity index (χ0n) is 14.8. The second-order valence-corrected chi connectivity index (χ2v) is 8.22. The van der Waals surface area contributed by atoms with Gasteiger partial charge < -0.3 is 10.4 Å². The average Bonchev–Trinajstić information content (AvgIpc) is 2.65. The summed E-state index contributed by atoms with van der Waals surface area (Å²) in [5.74, 6) is -0.727. The van der Waals surface area contributed by atoms with Crippen LogP contribution in [0.25, 0.3) is 0 Å². The van der Waals surface area contributed by atoms with Crippen LogP contribution < -0.4 is 10.0 Å². The number of halogens is 1. The third-order valence-electron chi connectivity index (χ3n) is 3.86. The van der Waals surface area contributed by atoms with Gasteiger partial charge in [0.1, 0.15) is 5.60 Å². The average molecular weight is 428 g/mol. The standard InChI is InChI=1S/C17H18ClN3O6S/c1-17(23,12-6-2-3-7-13(12)18)11-19-16(22)10-20-28(26,27)15-9-5-4-8-14(15)21(24)25/h2-9,20,23H,10-11H2,1H3,(H,19,22). The topological polar surface area (TPSA) is 139 Å². The number of rotatable bonds is 8. The molecule has 1 amide bonds. The van der Waals surface area contributed by atoms with Crippen LogP contribution in [0, 0.1) is 10.1 Å². The lowest BCUT2D eigenvalue weighted by Crippen LogP contribution is -2.43. The number of nitrogens with zero attached hydrogens (tertiary/aromatic N) is 1. The summed E-state index contributed by atoms with van der Waals surface area (Å²) in [6, 6.07) is 11.4. The number of nitro groups is 1. The zero-order chi connectivity index (χ0) is 20.9. The van der Waals surface area contributed by atoms with Gasteiger partial charge in [-0.15, -0.1) is 0 Å². The molecule has 0 aromatic heterocycles. The maximum Gasteiger partial charge on any atom is 0.289 e. The van der Waals surface area contributed by atoms with Gasteiger partial charge in [0, 0.05) is 16.7 Å². The van der Waals surface area contributed by atoms with Crippen LogP contribution in [0.4, 0.5) is 5.69 Å². The molecule has 1 unspecified atom stereocenters. The Bertz CT molecular complexity index is 994. The highest BCUT2D eigenvalue weighted by molar-refractivity contribution is 7.89. The number of amides is 1. The van der Waals surface area contributed by atoms with Crippen LogP contribution in [-0.2, 0) is 20.4 Å². The fourth-order valence-electron chi connectivity index (χ4n) is 2.40. The molecular weight excluding hydrogens is 410 g/mol. The predicted octanol–water partition coefficient (Wildman–Crippen LogP) is 1.55. The lowest BCUT2D eigenvalue weighted by Gasteiger charge is -2.25. The van der Waals surface area contributed by atoms with E-state index < -0.39 is 43.6 Å². The zero-order valence-corrected chi connectivity index (χ0v) is 16.3. The van der Waals surface area contributed by atoms with E-state index in [0.29, 0.717) is 10.6 Å². The van der Waals surface area contributed by atoms with E-state index in [1.165, 1.54) is 19.1 Å². The number of carbonyl (C=O) groups excluding carboxylic acids is 1. The first-order valence-corrected chi connectivity index (χ1v) is 9.88. The smallest absolute Gasteiger partial charge is 0.289 e. The van der Waals surface area contributed by atoms with E-state index in [1.807, 2.05) is 4.72 Å². The molecule has 0 saturated carbocycles. The summed E-state index contributed by atoms with van der Waals surface area (Å²) in [5, 5.41) is 24.2. The van der Waals surface area contributed by atoms with Crippen LogP contribution in [-0.4, -0.2) is 37.4 Å². The Balaban J connectivity index is 2.01. The highest BCUT2D eigenvalue weighted by Crippen LogP contribution is 2.27. The molecule has 2 aromatic carbocycles. The molecule has 0 heterocycles. The maximum atomic E-state index is 12.3. The third kappa shape index (κ3) is 5.26. The Morgan fingerprint density at radius 2 is 1.82 bits per heavy atom. The molecule has 150 valence electrons. The van der Waals surface area contributed by atoms with E-state index in [9.17, 15) is 28.4 Å². The monoisotopic (exact) mass is 427 g/mol. The minimum Gasteiger partial charge on any atom is -0.384 e. The van der Waals surface area contributed by atoms with E-state index in [4.69, 9.17) is 11.6 Å². The minimum absolute atomic E-state index is 0.219. The number of nitro benzene ring substituents is 1. The highest BCUT2D eigenvalue weighted by Gasteiger charge is 2.28. The summed E-state index contributed by atoms with van der Waals surface area (Å²) in [4.78, 5) is 21.6. The van der Waals surface area contributed by atoms with Gasteiger partial charge in [-0.1, -0.05) is 41.9 Å². The molecule has 0 spiro atoms. The van der Waals surface area contributed by atoms with Crippen molar-refractivity contribution in [2.75, 3.05) is 13.1 Å². The van der Waals surface area contributed by atoms with Crippen LogP contribution in [0.1, 0.15) is 12.5 Å². The van der Waals surface area contributed by atoms with Gasteiger partial charge in [0.2, 0.25) is 15.9 Å². The molecule has 0 aliphatic rings. The van der Waals surface area contributed by atoms with Gasteiger partial charge >= 0.3 is 0 Å². The summed E-state index contributed by atoms with van der Waals surface area (Å²) in [5.41, 5.74) is -1.68. The molecule has 0 saturated heterocycles. The molecule has 0 aliphatic heterocycles. The Labute approximate surface area is 166 Å². The minimum atomic E-state index is -4.28. The van der Waals surface area contributed by atoms with Crippen LogP contribution in [0.3, 0.4) is 0 Å². The lowest BCUT2D eigenvalue weighted by atomic mass is 9.96. The van der Waals surface area contributed by atoms with Crippen molar-refractivity contribution >= 4 is 33.2 Å². The molecule has 1 atom stereocenters. The molecule has 2 rings (SSSR count). The molecule has 0 fully saturated rings. The number of hydrogen-bond acceptors (Lipinski definition) is 6. The van der Waals surface area contributed by atoms with Crippen molar-refractivity contribution in [1.29, 1.82) is 0 Å². The fraction of sp³-hybridized carbons (Fsp3) is 0.235. The first-order valence-electron chi connectivity index (χ1n) is 8.02. The van der Waals surface area contributed by atoms with E-state index >= 15 is 0 Å². The lowest BCUT2D eigenvalue weighted by molar-refractivity contribution is -0.387. The van der Waals surface area contributed by atoms with Crippen molar-refractivity contribution in [3.8, 4) is 0 Å². The van der Waals surface area contributed by atoms with Gasteiger partial charge in [-0.2, -0.15) is 0 Å². The fourth-order valence-corrected chi connectivity index (χ4v) is 3.89. The summed E-state index contributed by atoms with van der Waals surface area (Å²) < 4.78 is 26.5. The van der Waals surface area contributed by atoms with Gasteiger partial charge in [0.15, 0.2) is 4.90 Å². The van der Waals surface area contributed by atoms with E-state index in [2.05, 4.69) is 5.32 Å². The molecule has 0 radical (unpaired) electrons. The van der Waals surface area contributed by atoms with Gasteiger partial charge in [-0.3, -0.25) is 14.9 Å². The van der Waals surface area contributed by atoms with E-state index in [0.717, 1.165) is 12.1 Å². The van der Waals surface area contributed by atoms with Crippen molar-refractivity contribution in [3.63, 3.8) is 0 Å². The van der Waals surface area contributed by atoms with Crippen LogP contribution in [0.2, 0.25) is 5.02 Å². The van der Waals surface area contributed by atoms with Crippen molar-refractivity contribution in [1.82, 2.24) is 10.0 Å². The number of benzene rings is 2. The first kappa shape index (κ1) is 21.8. The second-order valence-electron chi connectivity index (χ2n) is 6.08. The third-order valence-corrected chi connectivity index (χ3v) is 5.64. The van der Waals surface area contributed by atoms with Gasteiger partial charge in [-0.05, 0) is 19.1 Å². The summed E-state index contributed by atoms with van der Waals surface area (Å²) in [7, 11) is -4.28. The number of aliphatic hydroxyl groups is 1. The number of nitrogens with one attached hydrogen (secondary N) is 2. The predicted molar refractivity (Wildman–Crippen MR) is 102 cm³/mol. The van der Waals surface area contributed by atoms with Crippen molar-refractivity contribution in [2.45, 2.75) is 17.4 Å². The van der Waals surface area contributed by atoms with Crippen molar-refractivity contribution < 1.29 is 23.2 Å². The largest absolute Gasteiger partial charge is 0.384 e. The maximum absolute atomic E-state index is 12.3. The Hall–Kier alpha value is -2.53. The summed E-state index contributed by atoms with van der Waals surface area (Å²) >= 11 is 6.03. The SMILES string of the molecule is CC(O)(CNC(=O)CNS(=O)(=O)c1ccccc1[N+](=O)[O-])c1ccccc1Cl. The quantitative estimate of drug-likeness (QED) is 0.431. The molecule has 0 aliphatic carbocycles. The Morgan fingerprint density at radius 1 is 1.21 bits per heavy atom. The number of carbonyl (C=O) groups is 1. The number of sulfonamides is 1. The molecule has 11 heteroatoms. The Morgan fingerprint density at radius 3 is 2.46 bits per heavy atom. The van der Waals surface area contributed by atoms with Gasteiger partial charge in [-0.25, -0.2) is 13.1 Å². The van der Waals surface area contributed by atoms with Gasteiger partial charge in [0.25, 0.3) is 5.69 Å². The van der Waals surface area contributed by atoms with Crippen LogP contribution in [0.5, 0.6) is 0 Å². The second kappa shape index (κ2) is 8.65. The Kier molecular flexibility index (Phi) is 6.73. The summed E-state index contributed by atoms with van der Waals surface area (Å²) in [6.45, 7) is 0.571. The van der Waals surface area contributed by atoms with Crippen molar-refractivity contribution in [2.24, 2.45) is 0 Å². The number of para-hydroxylation sites is 1. The molecular formula is C17H18ClN3O6S. The molecule has 9 nitrogen and oxygen atoms in total. The van der Waals surface area contributed by atoms with Crippen LogP contribution >= 0.6 is 11.6 Å². The van der Waals surface area contributed by atoms with Crippen molar-refractivity contribution in [3.05, 3.63) is 69.2 Å². The van der Waals surface area contributed by atoms with Gasteiger partial charge in [0.05, 0.1) is 18.0 Å². The van der Waals surface area contributed by atoms with E-state index in [1.54, 1.807) is 24.3 Å². The molecule has 0 bridgehead atoms. The number of hydrogen-bond donors (Lipinski definition) is 3. The normalized spacial score (nSPS) is 13.5. The molecule has 3 N–H and O–H groups in total. The molecule has 2 aromatic rings. The summed E-state index contributed by atoms with van der Waals surface area (Å²) in [6.07, 6.45) is 0. The van der Waals surface area contributed by atoms with E-state index in [-0.39, 0.29) is 6.54 Å². The molecule has 28 heavy (non-hydrogen) atoms. The highest BCUT2D eigenvalue weighted by atomic mass is 35.5. The first-order chi connectivity index (χ1) is 13.0. The van der Waals surface area contributed by atoms with Crippen LogP contribution in [0.15, 0.2) is 53.4 Å².